The Morgan fingerprint density at radius 2 is 2.29 bits per heavy atom. The maximum Gasteiger partial charge on any atom is 0.222 e. The largest absolute Gasteiger partial charge is 0.339 e. The quantitative estimate of drug-likeness (QED) is 0.741. The van der Waals surface area contributed by atoms with Crippen molar-refractivity contribution in [1.29, 1.82) is 0 Å². The molecule has 2 N–H and O–H groups in total. The molecular weight excluding hydrogens is 176 g/mol. The van der Waals surface area contributed by atoms with E-state index in [9.17, 15) is 4.79 Å². The van der Waals surface area contributed by atoms with Crippen LogP contribution >= 0.6 is 0 Å². The fraction of sp³-hybridized carbons (Fsp3) is 0.909. The molecule has 1 saturated heterocycles. The first-order valence-electron chi connectivity index (χ1n) is 5.66. The van der Waals surface area contributed by atoms with Crippen LogP contribution < -0.4 is 5.73 Å². The van der Waals surface area contributed by atoms with Crippen molar-refractivity contribution in [3.8, 4) is 0 Å². The SMILES string of the molecule is CC(C)C1CCCN1C(=O)CCCN. The Morgan fingerprint density at radius 3 is 2.86 bits per heavy atom. The van der Waals surface area contributed by atoms with E-state index in [4.69, 9.17) is 5.73 Å². The van der Waals surface area contributed by atoms with Gasteiger partial charge >= 0.3 is 0 Å². The molecule has 3 nitrogen and oxygen atoms in total. The van der Waals surface area contributed by atoms with Crippen molar-refractivity contribution in [1.82, 2.24) is 4.90 Å². The second kappa shape index (κ2) is 5.35. The van der Waals surface area contributed by atoms with Crippen LogP contribution in [-0.4, -0.2) is 29.9 Å². The molecule has 1 heterocycles. The molecule has 1 rings (SSSR count). The fourth-order valence-electron chi connectivity index (χ4n) is 2.19. The standard InChI is InChI=1S/C11H22N2O/c1-9(2)10-5-4-8-13(10)11(14)6-3-7-12/h9-10H,3-8,12H2,1-2H3. The Labute approximate surface area is 86.6 Å². The normalized spacial score (nSPS) is 22.0. The van der Waals surface area contributed by atoms with Crippen LogP contribution in [0.5, 0.6) is 0 Å². The molecule has 82 valence electrons. The Kier molecular flexibility index (Phi) is 4.39. The minimum atomic E-state index is 0.298. The van der Waals surface area contributed by atoms with Gasteiger partial charge < -0.3 is 10.6 Å². The second-order valence-corrected chi connectivity index (χ2v) is 4.43. The van der Waals surface area contributed by atoms with Crippen LogP contribution in [0.4, 0.5) is 0 Å². The van der Waals surface area contributed by atoms with Crippen LogP contribution in [-0.2, 0) is 4.79 Å². The number of nitrogens with zero attached hydrogens (tertiary/aromatic N) is 1. The predicted octanol–water partition coefficient (Wildman–Crippen LogP) is 1.37. The lowest BCUT2D eigenvalue weighted by molar-refractivity contribution is -0.132. The van der Waals surface area contributed by atoms with Crippen LogP contribution in [0, 0.1) is 5.92 Å². The zero-order valence-corrected chi connectivity index (χ0v) is 9.33. The molecule has 14 heavy (non-hydrogen) atoms. The lowest BCUT2D eigenvalue weighted by Crippen LogP contribution is -2.38. The van der Waals surface area contributed by atoms with E-state index >= 15 is 0 Å². The highest BCUT2D eigenvalue weighted by molar-refractivity contribution is 5.76. The third-order valence-electron chi connectivity index (χ3n) is 2.98. The van der Waals surface area contributed by atoms with Gasteiger partial charge in [0.1, 0.15) is 0 Å². The molecule has 0 saturated carbocycles. The third kappa shape index (κ3) is 2.71. The number of carbonyl (C=O) groups excluding carboxylic acids is 1. The molecule has 0 aromatic rings. The highest BCUT2D eigenvalue weighted by atomic mass is 16.2. The zero-order chi connectivity index (χ0) is 10.6. The van der Waals surface area contributed by atoms with Gasteiger partial charge in [-0.1, -0.05) is 13.8 Å². The van der Waals surface area contributed by atoms with Crippen LogP contribution in [0.25, 0.3) is 0 Å². The summed E-state index contributed by atoms with van der Waals surface area (Å²) in [4.78, 5) is 13.8. The number of hydrogen-bond donors (Lipinski definition) is 1. The molecule has 1 unspecified atom stereocenters. The zero-order valence-electron chi connectivity index (χ0n) is 9.33. The van der Waals surface area contributed by atoms with E-state index in [2.05, 4.69) is 18.7 Å². The van der Waals surface area contributed by atoms with Gasteiger partial charge in [0, 0.05) is 19.0 Å². The molecule has 1 amide bonds. The summed E-state index contributed by atoms with van der Waals surface area (Å²) >= 11 is 0. The minimum absolute atomic E-state index is 0.298. The second-order valence-electron chi connectivity index (χ2n) is 4.43. The van der Waals surface area contributed by atoms with Crippen molar-refractivity contribution in [2.24, 2.45) is 11.7 Å². The lowest BCUT2D eigenvalue weighted by Gasteiger charge is -2.27. The van der Waals surface area contributed by atoms with Crippen LogP contribution in [0.15, 0.2) is 0 Å². The summed E-state index contributed by atoms with van der Waals surface area (Å²) in [6.07, 6.45) is 3.78. The molecule has 0 radical (unpaired) electrons. The molecule has 0 spiro atoms. The van der Waals surface area contributed by atoms with Gasteiger partial charge in [0.25, 0.3) is 0 Å². The predicted molar refractivity (Wildman–Crippen MR) is 57.9 cm³/mol. The molecule has 0 aliphatic carbocycles. The van der Waals surface area contributed by atoms with Crippen molar-refractivity contribution >= 4 is 5.91 Å². The molecule has 0 aromatic carbocycles. The van der Waals surface area contributed by atoms with E-state index in [1.165, 1.54) is 6.42 Å². The maximum atomic E-state index is 11.8. The summed E-state index contributed by atoms with van der Waals surface area (Å²) in [5, 5.41) is 0. The number of nitrogens with two attached hydrogens (primary N) is 1. The summed E-state index contributed by atoms with van der Waals surface area (Å²) in [5.74, 6) is 0.881. The fourth-order valence-corrected chi connectivity index (χ4v) is 2.19. The van der Waals surface area contributed by atoms with Crippen molar-refractivity contribution in [3.05, 3.63) is 0 Å². The summed E-state index contributed by atoms with van der Waals surface area (Å²) in [6, 6.07) is 0.472. The number of rotatable bonds is 4. The first kappa shape index (κ1) is 11.5. The van der Waals surface area contributed by atoms with Gasteiger partial charge in [-0.3, -0.25) is 4.79 Å². The van der Waals surface area contributed by atoms with Crippen molar-refractivity contribution in [2.75, 3.05) is 13.1 Å². The summed E-state index contributed by atoms with van der Waals surface area (Å²) in [6.45, 7) is 5.95. The Bertz CT molecular complexity index is 192. The molecule has 3 heteroatoms. The smallest absolute Gasteiger partial charge is 0.222 e. The highest BCUT2D eigenvalue weighted by Gasteiger charge is 2.29. The first-order chi connectivity index (χ1) is 6.66. The maximum absolute atomic E-state index is 11.8. The van der Waals surface area contributed by atoms with Gasteiger partial charge in [0.2, 0.25) is 5.91 Å². The minimum Gasteiger partial charge on any atom is -0.339 e. The van der Waals surface area contributed by atoms with Gasteiger partial charge in [-0.05, 0) is 31.7 Å². The van der Waals surface area contributed by atoms with Crippen molar-refractivity contribution in [2.45, 2.75) is 45.6 Å². The molecule has 1 aliphatic heterocycles. The number of likely N-dealkylation sites (tertiary alicyclic amines) is 1. The lowest BCUT2D eigenvalue weighted by atomic mass is 10.0. The summed E-state index contributed by atoms with van der Waals surface area (Å²) < 4.78 is 0. The Balaban J connectivity index is 2.45. The van der Waals surface area contributed by atoms with Gasteiger partial charge in [0.15, 0.2) is 0 Å². The van der Waals surface area contributed by atoms with Crippen LogP contribution in [0.3, 0.4) is 0 Å². The van der Waals surface area contributed by atoms with Gasteiger partial charge in [-0.2, -0.15) is 0 Å². The molecule has 0 bridgehead atoms. The monoisotopic (exact) mass is 198 g/mol. The highest BCUT2D eigenvalue weighted by Crippen LogP contribution is 2.24. The van der Waals surface area contributed by atoms with Crippen molar-refractivity contribution < 1.29 is 4.79 Å². The van der Waals surface area contributed by atoms with Crippen molar-refractivity contribution in [3.63, 3.8) is 0 Å². The van der Waals surface area contributed by atoms with Crippen LogP contribution in [0.1, 0.15) is 39.5 Å². The van der Waals surface area contributed by atoms with E-state index in [0.717, 1.165) is 19.4 Å². The summed E-state index contributed by atoms with van der Waals surface area (Å²) in [7, 11) is 0. The van der Waals surface area contributed by atoms with Gasteiger partial charge in [-0.15, -0.1) is 0 Å². The number of carbonyl (C=O) groups is 1. The van der Waals surface area contributed by atoms with Gasteiger partial charge in [0.05, 0.1) is 0 Å². The number of amides is 1. The van der Waals surface area contributed by atoms with E-state index in [-0.39, 0.29) is 0 Å². The van der Waals surface area contributed by atoms with E-state index < -0.39 is 0 Å². The number of hydrogen-bond acceptors (Lipinski definition) is 2. The Morgan fingerprint density at radius 1 is 1.57 bits per heavy atom. The average Bonchev–Trinajstić information content (AvgIpc) is 2.62. The van der Waals surface area contributed by atoms with E-state index in [1.807, 2.05) is 0 Å². The average molecular weight is 198 g/mol. The summed E-state index contributed by atoms with van der Waals surface area (Å²) in [5.41, 5.74) is 5.40. The topological polar surface area (TPSA) is 46.3 Å². The van der Waals surface area contributed by atoms with Crippen LogP contribution in [0.2, 0.25) is 0 Å². The third-order valence-corrected chi connectivity index (χ3v) is 2.98. The first-order valence-corrected chi connectivity index (χ1v) is 5.66. The van der Waals surface area contributed by atoms with E-state index in [1.54, 1.807) is 0 Å². The van der Waals surface area contributed by atoms with E-state index in [0.29, 0.717) is 30.8 Å². The molecule has 1 atom stereocenters. The Hall–Kier alpha value is -0.570. The molecule has 1 fully saturated rings. The molecular formula is C11H22N2O. The molecule has 1 aliphatic rings. The molecule has 0 aromatic heterocycles. The van der Waals surface area contributed by atoms with Gasteiger partial charge in [-0.25, -0.2) is 0 Å².